The van der Waals surface area contributed by atoms with Gasteiger partial charge in [-0.2, -0.15) is 13.2 Å². The number of pyridine rings is 1. The number of rotatable bonds is 3. The molecule has 0 radical (unpaired) electrons. The molecule has 0 amide bonds. The Morgan fingerprint density at radius 1 is 1.29 bits per heavy atom. The van der Waals surface area contributed by atoms with Crippen LogP contribution >= 0.6 is 0 Å². The second-order valence-electron chi connectivity index (χ2n) is 5.05. The Balaban J connectivity index is 2.01. The average molecular weight is 310 g/mol. The lowest BCUT2D eigenvalue weighted by Gasteiger charge is -2.41. The molecule has 0 unspecified atom stereocenters. The number of alkyl halides is 3. The fraction of sp³-hybridized carbons (Fsp3) is 0.615. The van der Waals surface area contributed by atoms with Crippen molar-refractivity contribution < 1.29 is 26.7 Å². The third kappa shape index (κ3) is 3.32. The molecule has 2 rings (SSSR count). The molecule has 1 saturated heterocycles. The first kappa shape index (κ1) is 16.1. The molecule has 2 heterocycles. The van der Waals surface area contributed by atoms with Crippen molar-refractivity contribution in [2.24, 2.45) is 0 Å². The second-order valence-corrected chi connectivity index (χ2v) is 5.05. The molecule has 0 atom stereocenters. The van der Waals surface area contributed by atoms with E-state index in [2.05, 4.69) is 4.98 Å². The molecule has 8 heteroatoms. The minimum atomic E-state index is -4.44. The van der Waals surface area contributed by atoms with Crippen molar-refractivity contribution in [1.29, 1.82) is 0 Å². The number of likely N-dealkylation sites (tertiary alicyclic amines) is 1. The van der Waals surface area contributed by atoms with Crippen molar-refractivity contribution >= 4 is 0 Å². The molecule has 0 aliphatic carbocycles. The summed E-state index contributed by atoms with van der Waals surface area (Å²) in [5.41, 5.74) is -2.12. The highest BCUT2D eigenvalue weighted by atomic mass is 19.4. The van der Waals surface area contributed by atoms with Crippen LogP contribution in [0.5, 0.6) is 0 Å². The number of aromatic nitrogens is 1. The van der Waals surface area contributed by atoms with Gasteiger partial charge in [-0.1, -0.05) is 0 Å². The molecule has 1 aromatic heterocycles. The third-order valence-electron chi connectivity index (χ3n) is 3.83. The molecule has 0 N–H and O–H groups in total. The number of methoxy groups -OCH3 is 1. The Morgan fingerprint density at radius 2 is 1.90 bits per heavy atom. The Morgan fingerprint density at radius 3 is 2.38 bits per heavy atom. The van der Waals surface area contributed by atoms with E-state index < -0.39 is 23.4 Å². The summed E-state index contributed by atoms with van der Waals surface area (Å²) in [6.07, 6.45) is -4.00. The van der Waals surface area contributed by atoms with Crippen LogP contribution in [0, 0.1) is 11.6 Å². The second kappa shape index (κ2) is 5.84. The summed E-state index contributed by atoms with van der Waals surface area (Å²) in [6, 6.07) is 0.710. The molecule has 0 saturated carbocycles. The normalized spacial score (nSPS) is 19.7. The molecular formula is C13H15F5N2O. The molecule has 1 aliphatic heterocycles. The molecule has 0 aromatic carbocycles. The molecule has 118 valence electrons. The van der Waals surface area contributed by atoms with Gasteiger partial charge in [0, 0.05) is 32.8 Å². The van der Waals surface area contributed by atoms with Crippen LogP contribution in [0.3, 0.4) is 0 Å². The van der Waals surface area contributed by atoms with Crippen molar-refractivity contribution in [3.05, 3.63) is 29.6 Å². The molecule has 1 aromatic rings. The molecule has 0 spiro atoms. The largest absolute Gasteiger partial charge is 0.417 e. The summed E-state index contributed by atoms with van der Waals surface area (Å²) >= 11 is 0. The van der Waals surface area contributed by atoms with Gasteiger partial charge in [0.2, 0.25) is 0 Å². The topological polar surface area (TPSA) is 25.4 Å². The summed E-state index contributed by atoms with van der Waals surface area (Å²) in [5.74, 6) is -1.58. The van der Waals surface area contributed by atoms with Crippen LogP contribution in [0.1, 0.15) is 18.5 Å². The number of ether oxygens (including phenoxy) is 1. The van der Waals surface area contributed by atoms with Gasteiger partial charge in [0.15, 0.2) is 5.60 Å². The van der Waals surface area contributed by atoms with E-state index in [0.29, 0.717) is 6.07 Å². The zero-order valence-electron chi connectivity index (χ0n) is 11.4. The van der Waals surface area contributed by atoms with Gasteiger partial charge in [0.05, 0.1) is 11.9 Å². The molecular weight excluding hydrogens is 295 g/mol. The van der Waals surface area contributed by atoms with Crippen LogP contribution in [0.15, 0.2) is 12.3 Å². The lowest BCUT2D eigenvalue weighted by molar-refractivity contribution is -0.282. The Labute approximate surface area is 118 Å². The summed E-state index contributed by atoms with van der Waals surface area (Å²) in [7, 11) is 1.05. The number of hydrogen-bond acceptors (Lipinski definition) is 3. The summed E-state index contributed by atoms with van der Waals surface area (Å²) in [5, 5.41) is 0. The highest BCUT2D eigenvalue weighted by Gasteiger charge is 2.56. The van der Waals surface area contributed by atoms with E-state index in [-0.39, 0.29) is 38.2 Å². The van der Waals surface area contributed by atoms with Crippen LogP contribution in [0.2, 0.25) is 0 Å². The van der Waals surface area contributed by atoms with Crippen LogP contribution in [0.25, 0.3) is 0 Å². The van der Waals surface area contributed by atoms with Gasteiger partial charge in [-0.3, -0.25) is 9.88 Å². The van der Waals surface area contributed by atoms with Gasteiger partial charge in [-0.15, -0.1) is 0 Å². The number of halogens is 5. The molecule has 0 bridgehead atoms. The first-order valence-corrected chi connectivity index (χ1v) is 6.41. The fourth-order valence-corrected chi connectivity index (χ4v) is 2.45. The predicted octanol–water partition coefficient (Wildman–Crippen LogP) is 2.90. The zero-order chi connectivity index (χ0) is 15.7. The Kier molecular flexibility index (Phi) is 4.48. The van der Waals surface area contributed by atoms with Gasteiger partial charge in [0.1, 0.15) is 11.6 Å². The van der Waals surface area contributed by atoms with Crippen LogP contribution in [-0.2, 0) is 11.3 Å². The van der Waals surface area contributed by atoms with Crippen molar-refractivity contribution in [1.82, 2.24) is 9.88 Å². The molecule has 1 aliphatic rings. The highest BCUT2D eigenvalue weighted by Crippen LogP contribution is 2.41. The fourth-order valence-electron chi connectivity index (χ4n) is 2.45. The molecule has 1 fully saturated rings. The first-order chi connectivity index (χ1) is 9.77. The van der Waals surface area contributed by atoms with E-state index >= 15 is 0 Å². The van der Waals surface area contributed by atoms with Crippen molar-refractivity contribution in [3.63, 3.8) is 0 Å². The number of piperidine rings is 1. The Hall–Kier alpha value is -1.28. The van der Waals surface area contributed by atoms with Crippen LogP contribution in [0.4, 0.5) is 22.0 Å². The van der Waals surface area contributed by atoms with Gasteiger partial charge in [-0.05, 0) is 12.8 Å². The minimum absolute atomic E-state index is 0.0216. The standard InChI is InChI=1S/C13H15F5N2O/c1-21-12(13(16,17)18)2-4-20(5-3-12)8-11-10(15)6-9(14)7-19-11/h6-7H,2-5,8H2,1H3. The zero-order valence-corrected chi connectivity index (χ0v) is 11.4. The quantitative estimate of drug-likeness (QED) is 0.803. The van der Waals surface area contributed by atoms with Crippen molar-refractivity contribution in [2.45, 2.75) is 31.2 Å². The predicted molar refractivity (Wildman–Crippen MR) is 64.5 cm³/mol. The third-order valence-corrected chi connectivity index (χ3v) is 3.83. The van der Waals surface area contributed by atoms with E-state index in [0.717, 1.165) is 13.3 Å². The monoisotopic (exact) mass is 310 g/mol. The molecule has 21 heavy (non-hydrogen) atoms. The van der Waals surface area contributed by atoms with Gasteiger partial charge in [-0.25, -0.2) is 8.78 Å². The maximum Gasteiger partial charge on any atom is 0.417 e. The van der Waals surface area contributed by atoms with Gasteiger partial charge < -0.3 is 4.74 Å². The first-order valence-electron chi connectivity index (χ1n) is 6.41. The maximum absolute atomic E-state index is 13.5. The summed E-state index contributed by atoms with van der Waals surface area (Å²) in [6.45, 7) is 0.251. The highest BCUT2D eigenvalue weighted by molar-refractivity contribution is 5.09. The van der Waals surface area contributed by atoms with E-state index in [1.54, 1.807) is 4.90 Å². The smallest absolute Gasteiger partial charge is 0.369 e. The lowest BCUT2D eigenvalue weighted by Crippen LogP contribution is -2.54. The van der Waals surface area contributed by atoms with Crippen molar-refractivity contribution in [2.75, 3.05) is 20.2 Å². The summed E-state index contributed by atoms with van der Waals surface area (Å²) in [4.78, 5) is 5.28. The minimum Gasteiger partial charge on any atom is -0.369 e. The number of hydrogen-bond donors (Lipinski definition) is 0. The van der Waals surface area contributed by atoms with E-state index in [9.17, 15) is 22.0 Å². The number of nitrogens with zero attached hydrogens (tertiary/aromatic N) is 2. The summed E-state index contributed by atoms with van der Waals surface area (Å²) < 4.78 is 69.9. The van der Waals surface area contributed by atoms with Crippen LogP contribution in [-0.4, -0.2) is 41.9 Å². The average Bonchev–Trinajstić information content (AvgIpc) is 2.41. The van der Waals surface area contributed by atoms with Crippen LogP contribution < -0.4 is 0 Å². The van der Waals surface area contributed by atoms with E-state index in [1.807, 2.05) is 0 Å². The van der Waals surface area contributed by atoms with Gasteiger partial charge >= 0.3 is 6.18 Å². The van der Waals surface area contributed by atoms with E-state index in [4.69, 9.17) is 4.74 Å². The van der Waals surface area contributed by atoms with Crippen molar-refractivity contribution in [3.8, 4) is 0 Å². The van der Waals surface area contributed by atoms with E-state index in [1.165, 1.54) is 0 Å². The molecule has 3 nitrogen and oxygen atoms in total. The lowest BCUT2D eigenvalue weighted by atomic mass is 9.90. The van der Waals surface area contributed by atoms with Gasteiger partial charge in [0.25, 0.3) is 0 Å². The maximum atomic E-state index is 13.5. The SMILES string of the molecule is COC1(C(F)(F)F)CCN(Cc2ncc(F)cc2F)CC1. The Bertz CT molecular complexity index is 498.